The first-order valence-electron chi connectivity index (χ1n) is 8.81. The van der Waals surface area contributed by atoms with Crippen LogP contribution < -0.4 is 5.32 Å². The van der Waals surface area contributed by atoms with Gasteiger partial charge in [0, 0.05) is 33.7 Å². The van der Waals surface area contributed by atoms with Gasteiger partial charge in [-0.15, -0.1) is 0 Å². The summed E-state index contributed by atoms with van der Waals surface area (Å²) in [5.74, 6) is -0.301. The van der Waals surface area contributed by atoms with E-state index >= 15 is 0 Å². The zero-order chi connectivity index (χ0) is 18.4. The Balaban J connectivity index is 1.78. The molecule has 2 rings (SSSR count). The van der Waals surface area contributed by atoms with Crippen molar-refractivity contribution in [1.82, 2.24) is 13.9 Å². The first-order chi connectivity index (χ1) is 11.8. The van der Waals surface area contributed by atoms with E-state index in [0.717, 1.165) is 19.3 Å². The minimum absolute atomic E-state index is 0.0390. The fourth-order valence-corrected chi connectivity index (χ4v) is 4.30. The van der Waals surface area contributed by atoms with E-state index in [4.69, 9.17) is 0 Å². The lowest BCUT2D eigenvalue weighted by molar-refractivity contribution is -0.126. The third-order valence-electron chi connectivity index (χ3n) is 4.57. The maximum absolute atomic E-state index is 12.4. The van der Waals surface area contributed by atoms with Crippen molar-refractivity contribution in [1.29, 1.82) is 0 Å². The second-order valence-electron chi connectivity index (χ2n) is 6.87. The molecule has 1 amide bonds. The van der Waals surface area contributed by atoms with Gasteiger partial charge in [-0.25, -0.2) is 0 Å². The molecular formula is C18H29N3O3S. The van der Waals surface area contributed by atoms with Crippen molar-refractivity contribution in [2.75, 3.05) is 33.7 Å². The quantitative estimate of drug-likeness (QED) is 0.744. The van der Waals surface area contributed by atoms with Gasteiger partial charge in [-0.3, -0.25) is 4.79 Å². The predicted molar refractivity (Wildman–Crippen MR) is 99.4 cm³/mol. The molecule has 0 radical (unpaired) electrons. The van der Waals surface area contributed by atoms with Crippen molar-refractivity contribution in [2.45, 2.75) is 32.6 Å². The van der Waals surface area contributed by atoms with Crippen LogP contribution in [0.5, 0.6) is 0 Å². The highest BCUT2D eigenvalue weighted by Crippen LogP contribution is 2.20. The van der Waals surface area contributed by atoms with Gasteiger partial charge in [-0.2, -0.15) is 17.0 Å². The maximum atomic E-state index is 12.4. The average Bonchev–Trinajstić information content (AvgIpc) is 2.58. The Bertz CT molecular complexity index is 689. The Morgan fingerprint density at radius 3 is 2.80 bits per heavy atom. The van der Waals surface area contributed by atoms with Gasteiger partial charge < -0.3 is 5.32 Å². The summed E-state index contributed by atoms with van der Waals surface area (Å²) in [4.78, 5) is 12.4. The lowest BCUT2D eigenvalue weighted by Crippen LogP contribution is -2.48. The number of benzene rings is 1. The average molecular weight is 368 g/mol. The fourth-order valence-electron chi connectivity index (χ4n) is 3.11. The van der Waals surface area contributed by atoms with Gasteiger partial charge in [0.15, 0.2) is 0 Å². The molecular weight excluding hydrogens is 338 g/mol. The number of nitrogens with one attached hydrogen (secondary N) is 1. The number of carbonyl (C=O) groups excluding carboxylic acids is 1. The van der Waals surface area contributed by atoms with Crippen molar-refractivity contribution in [3.05, 3.63) is 35.4 Å². The van der Waals surface area contributed by atoms with Crippen molar-refractivity contribution in [2.24, 2.45) is 5.92 Å². The summed E-state index contributed by atoms with van der Waals surface area (Å²) >= 11 is 0. The number of nitrogens with zero attached hydrogens (tertiary/aromatic N) is 2. The Morgan fingerprint density at radius 1 is 1.36 bits per heavy atom. The fraction of sp³-hybridized carbons (Fsp3) is 0.611. The molecule has 0 aromatic heterocycles. The molecule has 25 heavy (non-hydrogen) atoms. The normalized spacial score (nSPS) is 19.1. The zero-order valence-corrected chi connectivity index (χ0v) is 16.2. The van der Waals surface area contributed by atoms with Gasteiger partial charge in [0.25, 0.3) is 10.2 Å². The molecule has 1 atom stereocenters. The van der Waals surface area contributed by atoms with Gasteiger partial charge >= 0.3 is 0 Å². The van der Waals surface area contributed by atoms with Crippen LogP contribution in [0.25, 0.3) is 0 Å². The molecule has 1 unspecified atom stereocenters. The standard InChI is InChI=1S/C18H29N3O3S/c1-15-7-4-8-16(13-15)9-5-11-19-18(22)17-10-6-12-21(14-17)25(23,24)20(2)3/h4,7-8,13,17H,5-6,9-12,14H2,1-3H3,(H,19,22). The second kappa shape index (κ2) is 8.78. The summed E-state index contributed by atoms with van der Waals surface area (Å²) in [7, 11) is -0.409. The smallest absolute Gasteiger partial charge is 0.281 e. The van der Waals surface area contributed by atoms with Gasteiger partial charge in [0.2, 0.25) is 5.91 Å². The van der Waals surface area contributed by atoms with Gasteiger partial charge in [-0.05, 0) is 38.2 Å². The zero-order valence-electron chi connectivity index (χ0n) is 15.4. The Hall–Kier alpha value is -1.44. The molecule has 7 heteroatoms. The topological polar surface area (TPSA) is 69.7 Å². The summed E-state index contributed by atoms with van der Waals surface area (Å²) in [6, 6.07) is 8.37. The molecule has 0 aliphatic carbocycles. The number of carbonyl (C=O) groups is 1. The molecule has 0 bridgehead atoms. The lowest BCUT2D eigenvalue weighted by Gasteiger charge is -2.32. The Kier molecular flexibility index (Phi) is 6.98. The number of amides is 1. The first kappa shape index (κ1) is 19.9. The number of hydrogen-bond acceptors (Lipinski definition) is 3. The number of rotatable bonds is 7. The highest BCUT2D eigenvalue weighted by atomic mass is 32.2. The Labute approximate surface area is 151 Å². The minimum Gasteiger partial charge on any atom is -0.356 e. The summed E-state index contributed by atoms with van der Waals surface area (Å²) < 4.78 is 27.1. The SMILES string of the molecule is Cc1cccc(CCCNC(=O)C2CCCN(S(=O)(=O)N(C)C)C2)c1. The molecule has 0 saturated carbocycles. The van der Waals surface area contributed by atoms with E-state index in [-0.39, 0.29) is 18.4 Å². The molecule has 1 saturated heterocycles. The van der Waals surface area contributed by atoms with Crippen molar-refractivity contribution < 1.29 is 13.2 Å². The molecule has 1 N–H and O–H groups in total. The number of aryl methyl sites for hydroxylation is 2. The number of piperidine rings is 1. The van der Waals surface area contributed by atoms with E-state index in [0.29, 0.717) is 19.5 Å². The van der Waals surface area contributed by atoms with E-state index in [1.54, 1.807) is 0 Å². The van der Waals surface area contributed by atoms with Crippen LogP contribution in [0.2, 0.25) is 0 Å². The van der Waals surface area contributed by atoms with Crippen LogP contribution in [0.3, 0.4) is 0 Å². The van der Waals surface area contributed by atoms with Crippen LogP contribution in [-0.2, 0) is 21.4 Å². The lowest BCUT2D eigenvalue weighted by atomic mass is 9.98. The van der Waals surface area contributed by atoms with E-state index in [2.05, 4.69) is 30.4 Å². The summed E-state index contributed by atoms with van der Waals surface area (Å²) in [6.45, 7) is 3.44. The molecule has 1 aliphatic rings. The summed E-state index contributed by atoms with van der Waals surface area (Å²) in [5.41, 5.74) is 2.51. The van der Waals surface area contributed by atoms with Gasteiger partial charge in [0.05, 0.1) is 5.92 Å². The first-order valence-corrected chi connectivity index (χ1v) is 10.2. The molecule has 0 spiro atoms. The van der Waals surface area contributed by atoms with Crippen LogP contribution in [0.1, 0.15) is 30.4 Å². The van der Waals surface area contributed by atoms with E-state index in [1.165, 1.54) is 33.8 Å². The van der Waals surface area contributed by atoms with Gasteiger partial charge in [-0.1, -0.05) is 29.8 Å². The third kappa shape index (κ3) is 5.52. The predicted octanol–water partition coefficient (Wildman–Crippen LogP) is 1.56. The number of hydrogen-bond donors (Lipinski definition) is 1. The van der Waals surface area contributed by atoms with Crippen LogP contribution in [0.15, 0.2) is 24.3 Å². The van der Waals surface area contributed by atoms with E-state index in [9.17, 15) is 13.2 Å². The van der Waals surface area contributed by atoms with Gasteiger partial charge in [0.1, 0.15) is 0 Å². The molecule has 1 aliphatic heterocycles. The molecule has 1 aromatic carbocycles. The van der Waals surface area contributed by atoms with E-state index in [1.807, 2.05) is 6.07 Å². The summed E-state index contributed by atoms with van der Waals surface area (Å²) in [6.07, 6.45) is 3.26. The maximum Gasteiger partial charge on any atom is 0.281 e. The van der Waals surface area contributed by atoms with Crippen LogP contribution >= 0.6 is 0 Å². The molecule has 6 nitrogen and oxygen atoms in total. The summed E-state index contributed by atoms with van der Waals surface area (Å²) in [5, 5.41) is 2.96. The largest absolute Gasteiger partial charge is 0.356 e. The molecule has 1 heterocycles. The highest BCUT2D eigenvalue weighted by molar-refractivity contribution is 7.86. The van der Waals surface area contributed by atoms with Crippen molar-refractivity contribution >= 4 is 16.1 Å². The molecule has 1 aromatic rings. The van der Waals surface area contributed by atoms with Crippen molar-refractivity contribution in [3.8, 4) is 0 Å². The van der Waals surface area contributed by atoms with Crippen LogP contribution in [0, 0.1) is 12.8 Å². The monoisotopic (exact) mass is 367 g/mol. The molecule has 140 valence electrons. The van der Waals surface area contributed by atoms with Crippen LogP contribution in [-0.4, -0.2) is 56.7 Å². The second-order valence-corrected chi connectivity index (χ2v) is 9.01. The van der Waals surface area contributed by atoms with Crippen molar-refractivity contribution in [3.63, 3.8) is 0 Å². The third-order valence-corrected chi connectivity index (χ3v) is 6.47. The Morgan fingerprint density at radius 2 is 2.12 bits per heavy atom. The minimum atomic E-state index is -3.45. The van der Waals surface area contributed by atoms with Crippen LogP contribution in [0.4, 0.5) is 0 Å². The van der Waals surface area contributed by atoms with E-state index < -0.39 is 10.2 Å². The molecule has 1 fully saturated rings. The highest BCUT2D eigenvalue weighted by Gasteiger charge is 2.33.